The summed E-state index contributed by atoms with van der Waals surface area (Å²) in [4.78, 5) is 29.5. The number of rotatable bonds is 5. The van der Waals surface area contributed by atoms with Gasteiger partial charge < -0.3 is 10.0 Å². The summed E-state index contributed by atoms with van der Waals surface area (Å²) in [5, 5.41) is 10.1. The number of hydrogen-bond acceptors (Lipinski definition) is 3. The Morgan fingerprint density at radius 2 is 1.68 bits per heavy atom. The van der Waals surface area contributed by atoms with Crippen molar-refractivity contribution in [1.29, 1.82) is 0 Å². The second kappa shape index (κ2) is 10.7. The molecular formula is C29H35ClF2N2O3. The average Bonchev–Trinajstić information content (AvgIpc) is 3.29. The first kappa shape index (κ1) is 27.5. The van der Waals surface area contributed by atoms with Gasteiger partial charge >= 0.3 is 5.97 Å². The van der Waals surface area contributed by atoms with Gasteiger partial charge in [-0.05, 0) is 81.3 Å². The van der Waals surface area contributed by atoms with Crippen LogP contribution < -0.4 is 0 Å². The maximum atomic E-state index is 14.8. The third-order valence-corrected chi connectivity index (χ3v) is 8.32. The van der Waals surface area contributed by atoms with Gasteiger partial charge in [0.2, 0.25) is 5.91 Å². The van der Waals surface area contributed by atoms with Gasteiger partial charge in [-0.15, -0.1) is 0 Å². The minimum absolute atomic E-state index is 0.00541. The van der Waals surface area contributed by atoms with Crippen molar-refractivity contribution < 1.29 is 23.5 Å². The molecule has 37 heavy (non-hydrogen) atoms. The van der Waals surface area contributed by atoms with E-state index in [2.05, 4.69) is 25.7 Å². The van der Waals surface area contributed by atoms with Gasteiger partial charge in [-0.1, -0.05) is 23.7 Å². The van der Waals surface area contributed by atoms with Gasteiger partial charge in [-0.2, -0.15) is 0 Å². The topological polar surface area (TPSA) is 60.9 Å². The van der Waals surface area contributed by atoms with Crippen molar-refractivity contribution in [3.8, 4) is 0 Å². The number of carbonyl (C=O) groups excluding carboxylic acids is 1. The number of likely N-dealkylation sites (tertiary alicyclic amines) is 2. The zero-order valence-electron chi connectivity index (χ0n) is 21.8. The molecule has 3 unspecified atom stereocenters. The predicted molar refractivity (Wildman–Crippen MR) is 140 cm³/mol. The standard InChI is InChI=1S/C29H35ClF2N2O3/c1-17(28(36)37)23-13-19(30)5-7-21(23)18-9-11-33(12-10-18)27(35)25-16-34(29(2,3)4)15-24(25)22-8-6-20(31)14-26(22)32/h5-8,13-14,17-18,24-25H,9-12,15-16H2,1-4H3,(H,36,37). The predicted octanol–water partition coefficient (Wildman–Crippen LogP) is 6.03. The molecule has 2 fully saturated rings. The molecular weight excluding hydrogens is 498 g/mol. The molecule has 3 atom stereocenters. The quantitative estimate of drug-likeness (QED) is 0.511. The summed E-state index contributed by atoms with van der Waals surface area (Å²) in [5.74, 6) is -3.48. The van der Waals surface area contributed by atoms with Crippen molar-refractivity contribution in [2.75, 3.05) is 26.2 Å². The van der Waals surface area contributed by atoms with E-state index >= 15 is 0 Å². The summed E-state index contributed by atoms with van der Waals surface area (Å²) in [5.41, 5.74) is 1.88. The molecule has 1 N–H and O–H groups in total. The van der Waals surface area contributed by atoms with E-state index in [1.807, 2.05) is 11.0 Å². The van der Waals surface area contributed by atoms with Gasteiger partial charge in [0.1, 0.15) is 11.6 Å². The normalized spacial score (nSPS) is 22.3. The van der Waals surface area contributed by atoms with Crippen molar-refractivity contribution >= 4 is 23.5 Å². The molecule has 4 rings (SSSR count). The summed E-state index contributed by atoms with van der Waals surface area (Å²) in [6.45, 7) is 10.0. The van der Waals surface area contributed by atoms with E-state index in [-0.39, 0.29) is 23.3 Å². The summed E-state index contributed by atoms with van der Waals surface area (Å²) >= 11 is 6.17. The second-order valence-electron chi connectivity index (χ2n) is 11.4. The van der Waals surface area contributed by atoms with Crippen LogP contribution in [0.25, 0.3) is 0 Å². The van der Waals surface area contributed by atoms with E-state index < -0.39 is 29.4 Å². The van der Waals surface area contributed by atoms with Crippen LogP contribution in [0.5, 0.6) is 0 Å². The number of aliphatic carboxylic acids is 1. The number of halogens is 3. The molecule has 0 saturated carbocycles. The lowest BCUT2D eigenvalue weighted by Crippen LogP contribution is -2.44. The van der Waals surface area contributed by atoms with E-state index in [4.69, 9.17) is 11.6 Å². The molecule has 0 radical (unpaired) electrons. The largest absolute Gasteiger partial charge is 0.481 e. The van der Waals surface area contributed by atoms with E-state index in [1.165, 1.54) is 12.1 Å². The smallest absolute Gasteiger partial charge is 0.310 e. The molecule has 1 amide bonds. The number of carbonyl (C=O) groups is 2. The van der Waals surface area contributed by atoms with E-state index in [1.54, 1.807) is 19.1 Å². The maximum absolute atomic E-state index is 14.8. The molecule has 0 bridgehead atoms. The number of carboxylic acids is 1. The van der Waals surface area contributed by atoms with Crippen molar-refractivity contribution in [2.45, 2.75) is 63.8 Å². The lowest BCUT2D eigenvalue weighted by molar-refractivity contribution is -0.138. The number of hydrogen-bond donors (Lipinski definition) is 1. The Kier molecular flexibility index (Phi) is 7.96. The number of nitrogens with zero attached hydrogens (tertiary/aromatic N) is 2. The molecule has 2 aliphatic heterocycles. The zero-order chi connectivity index (χ0) is 27.1. The Bertz CT molecular complexity index is 1170. The molecule has 2 saturated heterocycles. The molecule has 8 heteroatoms. The summed E-state index contributed by atoms with van der Waals surface area (Å²) in [6, 6.07) is 9.05. The Balaban J connectivity index is 1.53. The van der Waals surface area contributed by atoms with Gasteiger partial charge in [-0.3, -0.25) is 14.5 Å². The summed E-state index contributed by atoms with van der Waals surface area (Å²) < 4.78 is 28.4. The molecule has 0 aromatic heterocycles. The van der Waals surface area contributed by atoms with Gasteiger partial charge in [-0.25, -0.2) is 8.78 Å². The van der Waals surface area contributed by atoms with Crippen LogP contribution in [0, 0.1) is 17.6 Å². The highest BCUT2D eigenvalue weighted by atomic mass is 35.5. The molecule has 5 nitrogen and oxygen atoms in total. The maximum Gasteiger partial charge on any atom is 0.310 e. The SMILES string of the molecule is CC(C(=O)O)c1cc(Cl)ccc1C1CCN(C(=O)C2CN(C(C)(C)C)CC2c2ccc(F)cc2F)CC1. The van der Waals surface area contributed by atoms with Gasteiger partial charge in [0, 0.05) is 48.7 Å². The van der Waals surface area contributed by atoms with Crippen LogP contribution in [0.4, 0.5) is 8.78 Å². The van der Waals surface area contributed by atoms with Crippen LogP contribution in [-0.2, 0) is 9.59 Å². The third-order valence-electron chi connectivity index (χ3n) is 8.08. The zero-order valence-corrected chi connectivity index (χ0v) is 22.6. The molecule has 2 aromatic carbocycles. The van der Waals surface area contributed by atoms with Crippen LogP contribution in [0.1, 0.15) is 75.0 Å². The molecule has 2 aromatic rings. The monoisotopic (exact) mass is 532 g/mol. The van der Waals surface area contributed by atoms with Crippen LogP contribution in [0.3, 0.4) is 0 Å². The first-order chi connectivity index (χ1) is 17.4. The van der Waals surface area contributed by atoms with Crippen molar-refractivity contribution in [3.63, 3.8) is 0 Å². The number of amides is 1. The lowest BCUT2D eigenvalue weighted by atomic mass is 9.82. The molecule has 200 valence electrons. The van der Waals surface area contributed by atoms with Crippen LogP contribution in [0.2, 0.25) is 5.02 Å². The van der Waals surface area contributed by atoms with Gasteiger partial charge in [0.05, 0.1) is 11.8 Å². The fraction of sp³-hybridized carbons (Fsp3) is 0.517. The highest BCUT2D eigenvalue weighted by Crippen LogP contribution is 2.40. The minimum atomic E-state index is -0.903. The van der Waals surface area contributed by atoms with E-state index in [9.17, 15) is 23.5 Å². The summed E-state index contributed by atoms with van der Waals surface area (Å²) in [7, 11) is 0. The first-order valence-electron chi connectivity index (χ1n) is 12.9. The van der Waals surface area contributed by atoms with Crippen molar-refractivity contribution in [3.05, 3.63) is 69.7 Å². The second-order valence-corrected chi connectivity index (χ2v) is 11.8. The Hall–Kier alpha value is -2.51. The van der Waals surface area contributed by atoms with Gasteiger partial charge in [0.15, 0.2) is 0 Å². The molecule has 2 aliphatic rings. The molecule has 0 aliphatic carbocycles. The van der Waals surface area contributed by atoms with Gasteiger partial charge in [0.25, 0.3) is 0 Å². The summed E-state index contributed by atoms with van der Waals surface area (Å²) in [6.07, 6.45) is 1.41. The minimum Gasteiger partial charge on any atom is -0.481 e. The van der Waals surface area contributed by atoms with E-state index in [0.717, 1.165) is 11.6 Å². The Morgan fingerprint density at radius 3 is 2.27 bits per heavy atom. The number of piperidine rings is 1. The van der Waals surface area contributed by atoms with Crippen LogP contribution >= 0.6 is 11.6 Å². The Morgan fingerprint density at radius 1 is 1.03 bits per heavy atom. The van der Waals surface area contributed by atoms with E-state index in [0.29, 0.717) is 55.2 Å². The average molecular weight is 533 g/mol. The highest BCUT2D eigenvalue weighted by molar-refractivity contribution is 6.30. The van der Waals surface area contributed by atoms with Crippen molar-refractivity contribution in [1.82, 2.24) is 9.80 Å². The van der Waals surface area contributed by atoms with Crippen molar-refractivity contribution in [2.24, 2.45) is 5.92 Å². The van der Waals surface area contributed by atoms with Crippen LogP contribution in [-0.4, -0.2) is 58.5 Å². The fourth-order valence-electron chi connectivity index (χ4n) is 5.79. The molecule has 2 heterocycles. The van der Waals surface area contributed by atoms with Crippen LogP contribution in [0.15, 0.2) is 36.4 Å². The fourth-order valence-corrected chi connectivity index (χ4v) is 5.97. The number of benzene rings is 2. The highest BCUT2D eigenvalue weighted by Gasteiger charge is 2.44. The Labute approximate surface area is 222 Å². The first-order valence-corrected chi connectivity index (χ1v) is 13.3. The molecule has 0 spiro atoms. The number of carboxylic acid groups (broad SMARTS) is 1. The lowest BCUT2D eigenvalue weighted by Gasteiger charge is -2.36. The third kappa shape index (κ3) is 5.83.